The summed E-state index contributed by atoms with van der Waals surface area (Å²) in [4.78, 5) is 33.7. The van der Waals surface area contributed by atoms with Crippen LogP contribution >= 0.6 is 27.5 Å². The second kappa shape index (κ2) is 5.81. The molecule has 0 radical (unpaired) electrons. The molecule has 2 aromatic rings. The van der Waals surface area contributed by atoms with E-state index in [4.69, 9.17) is 16.3 Å². The van der Waals surface area contributed by atoms with E-state index in [0.29, 0.717) is 16.7 Å². The van der Waals surface area contributed by atoms with Crippen molar-refractivity contribution in [1.82, 2.24) is 9.97 Å². The summed E-state index contributed by atoms with van der Waals surface area (Å²) in [5.74, 6) is -0.672. The van der Waals surface area contributed by atoms with Crippen molar-refractivity contribution < 1.29 is 14.3 Å². The van der Waals surface area contributed by atoms with E-state index in [1.165, 1.54) is 12.0 Å². The van der Waals surface area contributed by atoms with Gasteiger partial charge in [-0.15, -0.1) is 0 Å². The molecule has 1 aliphatic rings. The van der Waals surface area contributed by atoms with E-state index in [-0.39, 0.29) is 24.2 Å². The minimum absolute atomic E-state index is 0.0548. The number of amides is 1. The summed E-state index contributed by atoms with van der Waals surface area (Å²) >= 11 is 9.34. The molecule has 22 heavy (non-hydrogen) atoms. The standard InChI is InChI=1S/C14H11BrClN3O3/c1-22-13(21)7-4-11(20)19(6-7)12-9-5-8(15)2-3-10(9)17-14(16)18-12/h2-3,5,7H,4,6H2,1H3. The molecule has 0 saturated carbocycles. The maximum Gasteiger partial charge on any atom is 0.311 e. The lowest BCUT2D eigenvalue weighted by atomic mass is 10.1. The van der Waals surface area contributed by atoms with Gasteiger partial charge in [-0.2, -0.15) is 4.98 Å². The van der Waals surface area contributed by atoms with Gasteiger partial charge in [0.1, 0.15) is 5.82 Å². The van der Waals surface area contributed by atoms with Crippen molar-refractivity contribution in [1.29, 1.82) is 0 Å². The van der Waals surface area contributed by atoms with Crippen LogP contribution in [0.4, 0.5) is 5.82 Å². The molecule has 3 rings (SSSR count). The quantitative estimate of drug-likeness (QED) is 0.588. The Hall–Kier alpha value is -1.73. The number of hydrogen-bond donors (Lipinski definition) is 0. The number of carbonyl (C=O) groups is 2. The smallest absolute Gasteiger partial charge is 0.311 e. The molecule has 1 amide bonds. The second-order valence-corrected chi connectivity index (χ2v) is 6.16. The number of rotatable bonds is 2. The Morgan fingerprint density at radius 1 is 1.45 bits per heavy atom. The predicted octanol–water partition coefficient (Wildman–Crippen LogP) is 2.57. The first-order valence-electron chi connectivity index (χ1n) is 6.50. The van der Waals surface area contributed by atoms with Gasteiger partial charge in [-0.3, -0.25) is 14.5 Å². The molecule has 1 saturated heterocycles. The fourth-order valence-corrected chi connectivity index (χ4v) is 3.03. The lowest BCUT2D eigenvalue weighted by molar-refractivity contribution is -0.145. The molecule has 0 aliphatic carbocycles. The van der Waals surface area contributed by atoms with Gasteiger partial charge in [0.2, 0.25) is 11.2 Å². The first kappa shape index (κ1) is 15.2. The fourth-order valence-electron chi connectivity index (χ4n) is 2.50. The Morgan fingerprint density at radius 3 is 2.95 bits per heavy atom. The highest BCUT2D eigenvalue weighted by molar-refractivity contribution is 9.10. The Labute approximate surface area is 139 Å². The van der Waals surface area contributed by atoms with E-state index in [1.54, 1.807) is 6.07 Å². The van der Waals surface area contributed by atoms with Crippen LogP contribution in [-0.2, 0) is 14.3 Å². The van der Waals surface area contributed by atoms with Crippen LogP contribution < -0.4 is 4.90 Å². The topological polar surface area (TPSA) is 72.4 Å². The Kier molecular flexibility index (Phi) is 4.01. The van der Waals surface area contributed by atoms with Crippen LogP contribution in [0.2, 0.25) is 5.28 Å². The maximum atomic E-state index is 12.2. The second-order valence-electron chi connectivity index (χ2n) is 4.91. The summed E-state index contributed by atoms with van der Waals surface area (Å²) in [5, 5.41) is 0.747. The van der Waals surface area contributed by atoms with Gasteiger partial charge in [-0.25, -0.2) is 4.98 Å². The molecule has 0 bridgehead atoms. The Bertz CT molecular complexity index is 783. The molecule has 0 N–H and O–H groups in total. The van der Waals surface area contributed by atoms with Gasteiger partial charge in [0, 0.05) is 22.8 Å². The number of anilines is 1. The van der Waals surface area contributed by atoms with Crippen LogP contribution in [0.3, 0.4) is 0 Å². The molecule has 0 spiro atoms. The molecule has 8 heteroatoms. The van der Waals surface area contributed by atoms with E-state index in [2.05, 4.69) is 25.9 Å². The number of carbonyl (C=O) groups excluding carboxylic acids is 2. The number of methoxy groups -OCH3 is 1. The van der Waals surface area contributed by atoms with Crippen molar-refractivity contribution >= 4 is 56.1 Å². The van der Waals surface area contributed by atoms with Gasteiger partial charge in [0.05, 0.1) is 18.5 Å². The van der Waals surface area contributed by atoms with Crippen molar-refractivity contribution in [2.45, 2.75) is 6.42 Å². The molecule has 6 nitrogen and oxygen atoms in total. The molecular weight excluding hydrogens is 374 g/mol. The number of ether oxygens (including phenoxy) is 1. The average molecular weight is 385 g/mol. The minimum Gasteiger partial charge on any atom is -0.469 e. The van der Waals surface area contributed by atoms with Gasteiger partial charge in [0.25, 0.3) is 0 Å². The Balaban J connectivity index is 2.08. The molecule has 114 valence electrons. The van der Waals surface area contributed by atoms with Gasteiger partial charge in [-0.1, -0.05) is 15.9 Å². The highest BCUT2D eigenvalue weighted by Crippen LogP contribution is 2.32. The third-order valence-electron chi connectivity index (χ3n) is 3.53. The normalized spacial score (nSPS) is 18.0. The summed E-state index contributed by atoms with van der Waals surface area (Å²) in [5.41, 5.74) is 0.632. The first-order chi connectivity index (χ1) is 10.5. The predicted molar refractivity (Wildman–Crippen MR) is 84.7 cm³/mol. The zero-order chi connectivity index (χ0) is 15.9. The monoisotopic (exact) mass is 383 g/mol. The molecule has 1 aliphatic heterocycles. The molecule has 1 fully saturated rings. The minimum atomic E-state index is -0.492. The van der Waals surface area contributed by atoms with E-state index in [1.807, 2.05) is 12.1 Å². The van der Waals surface area contributed by atoms with Crippen LogP contribution in [-0.4, -0.2) is 35.5 Å². The van der Waals surface area contributed by atoms with Crippen LogP contribution in [0.15, 0.2) is 22.7 Å². The van der Waals surface area contributed by atoms with Crippen molar-refractivity contribution in [2.24, 2.45) is 5.92 Å². The van der Waals surface area contributed by atoms with Crippen molar-refractivity contribution in [3.63, 3.8) is 0 Å². The number of esters is 1. The van der Waals surface area contributed by atoms with E-state index >= 15 is 0 Å². The van der Waals surface area contributed by atoms with Gasteiger partial charge in [0.15, 0.2) is 0 Å². The number of benzene rings is 1. The highest BCUT2D eigenvalue weighted by Gasteiger charge is 2.37. The maximum absolute atomic E-state index is 12.2. The average Bonchev–Trinajstić information content (AvgIpc) is 2.88. The largest absolute Gasteiger partial charge is 0.469 e. The van der Waals surface area contributed by atoms with Crippen LogP contribution in [0, 0.1) is 5.92 Å². The summed E-state index contributed by atoms with van der Waals surface area (Å²) < 4.78 is 5.55. The van der Waals surface area contributed by atoms with Gasteiger partial charge >= 0.3 is 5.97 Å². The number of hydrogen-bond acceptors (Lipinski definition) is 5. The lowest BCUT2D eigenvalue weighted by Crippen LogP contribution is -2.27. The summed E-state index contributed by atoms with van der Waals surface area (Å²) in [6.45, 7) is 0.223. The van der Waals surface area contributed by atoms with E-state index < -0.39 is 11.9 Å². The van der Waals surface area contributed by atoms with E-state index in [0.717, 1.165) is 4.47 Å². The van der Waals surface area contributed by atoms with Crippen molar-refractivity contribution in [3.05, 3.63) is 28.0 Å². The molecule has 2 heterocycles. The summed E-state index contributed by atoms with van der Waals surface area (Å²) in [6.07, 6.45) is 0.101. The lowest BCUT2D eigenvalue weighted by Gasteiger charge is -2.17. The van der Waals surface area contributed by atoms with Crippen LogP contribution in [0.5, 0.6) is 0 Å². The number of fused-ring (bicyclic) bond motifs is 1. The molecule has 1 unspecified atom stereocenters. The molecule has 1 aromatic carbocycles. The third kappa shape index (κ3) is 2.66. The van der Waals surface area contributed by atoms with E-state index in [9.17, 15) is 9.59 Å². The summed E-state index contributed by atoms with van der Waals surface area (Å²) in [6, 6.07) is 5.44. The highest BCUT2D eigenvalue weighted by atomic mass is 79.9. The number of halogens is 2. The third-order valence-corrected chi connectivity index (χ3v) is 4.19. The van der Waals surface area contributed by atoms with Crippen LogP contribution in [0.25, 0.3) is 10.9 Å². The van der Waals surface area contributed by atoms with Crippen molar-refractivity contribution in [2.75, 3.05) is 18.6 Å². The fraction of sp³-hybridized carbons (Fsp3) is 0.286. The molecular formula is C14H11BrClN3O3. The molecule has 1 atom stereocenters. The van der Waals surface area contributed by atoms with Gasteiger partial charge in [-0.05, 0) is 29.8 Å². The van der Waals surface area contributed by atoms with Crippen LogP contribution in [0.1, 0.15) is 6.42 Å². The summed E-state index contributed by atoms with van der Waals surface area (Å²) in [7, 11) is 1.31. The first-order valence-corrected chi connectivity index (χ1v) is 7.67. The van der Waals surface area contributed by atoms with Crippen molar-refractivity contribution in [3.8, 4) is 0 Å². The SMILES string of the molecule is COC(=O)C1CC(=O)N(c2nc(Cl)nc3ccc(Br)cc23)C1. The Morgan fingerprint density at radius 2 is 2.23 bits per heavy atom. The number of nitrogens with zero attached hydrogens (tertiary/aromatic N) is 3. The zero-order valence-corrected chi connectivity index (χ0v) is 13.9. The van der Waals surface area contributed by atoms with Gasteiger partial charge < -0.3 is 4.74 Å². The molecule has 1 aromatic heterocycles. The zero-order valence-electron chi connectivity index (χ0n) is 11.5. The number of aromatic nitrogens is 2.